The fraction of sp³-hybridized carbons (Fsp3) is 0.571. The summed E-state index contributed by atoms with van der Waals surface area (Å²) in [6.07, 6.45) is 0.979. The lowest BCUT2D eigenvalue weighted by Gasteiger charge is -2.29. The SMILES string of the molecule is CC1NC(C)(C)CCOC1c1ccc(F)cc1. The van der Waals surface area contributed by atoms with Gasteiger partial charge in [0.15, 0.2) is 0 Å². The fourth-order valence-corrected chi connectivity index (χ4v) is 2.39. The number of hydrogen-bond acceptors (Lipinski definition) is 2. The van der Waals surface area contributed by atoms with Crippen molar-refractivity contribution in [2.75, 3.05) is 6.61 Å². The van der Waals surface area contributed by atoms with Crippen molar-refractivity contribution in [1.82, 2.24) is 5.32 Å². The summed E-state index contributed by atoms with van der Waals surface area (Å²) in [7, 11) is 0. The lowest BCUT2D eigenvalue weighted by atomic mass is 9.98. The first-order valence-corrected chi connectivity index (χ1v) is 6.13. The molecule has 0 bridgehead atoms. The van der Waals surface area contributed by atoms with Gasteiger partial charge in [-0.05, 0) is 44.9 Å². The van der Waals surface area contributed by atoms with Gasteiger partial charge in [-0.25, -0.2) is 4.39 Å². The van der Waals surface area contributed by atoms with Gasteiger partial charge in [-0.15, -0.1) is 0 Å². The molecule has 2 rings (SSSR count). The zero-order valence-electron chi connectivity index (χ0n) is 10.7. The summed E-state index contributed by atoms with van der Waals surface area (Å²) in [6.45, 7) is 7.20. The van der Waals surface area contributed by atoms with Crippen LogP contribution < -0.4 is 5.32 Å². The van der Waals surface area contributed by atoms with Crippen molar-refractivity contribution in [3.8, 4) is 0 Å². The Balaban J connectivity index is 2.18. The van der Waals surface area contributed by atoms with Crippen molar-refractivity contribution in [3.05, 3.63) is 35.6 Å². The van der Waals surface area contributed by atoms with Crippen molar-refractivity contribution < 1.29 is 9.13 Å². The Labute approximate surface area is 102 Å². The molecule has 0 aromatic heterocycles. The molecular formula is C14H20FNO. The smallest absolute Gasteiger partial charge is 0.123 e. The molecule has 1 heterocycles. The molecular weight excluding hydrogens is 217 g/mol. The van der Waals surface area contributed by atoms with E-state index in [0.717, 1.165) is 18.6 Å². The molecule has 1 fully saturated rings. The Bertz CT molecular complexity index is 374. The molecule has 1 N–H and O–H groups in total. The maximum Gasteiger partial charge on any atom is 0.123 e. The van der Waals surface area contributed by atoms with Crippen LogP contribution >= 0.6 is 0 Å². The third-order valence-electron chi connectivity index (χ3n) is 3.30. The number of nitrogens with one attached hydrogen (secondary N) is 1. The topological polar surface area (TPSA) is 21.3 Å². The van der Waals surface area contributed by atoms with Crippen LogP contribution in [0.3, 0.4) is 0 Å². The Hall–Kier alpha value is -0.930. The van der Waals surface area contributed by atoms with Gasteiger partial charge in [0.2, 0.25) is 0 Å². The number of halogens is 1. The van der Waals surface area contributed by atoms with Crippen LogP contribution in [0.25, 0.3) is 0 Å². The van der Waals surface area contributed by atoms with E-state index in [0.29, 0.717) is 0 Å². The van der Waals surface area contributed by atoms with Crippen LogP contribution in [0.1, 0.15) is 38.9 Å². The number of hydrogen-bond donors (Lipinski definition) is 1. The van der Waals surface area contributed by atoms with Gasteiger partial charge in [-0.3, -0.25) is 0 Å². The van der Waals surface area contributed by atoms with Crippen molar-refractivity contribution in [2.45, 2.75) is 44.9 Å². The normalized spacial score (nSPS) is 28.7. The van der Waals surface area contributed by atoms with Gasteiger partial charge in [-0.1, -0.05) is 12.1 Å². The molecule has 94 valence electrons. The second-order valence-electron chi connectivity index (χ2n) is 5.41. The van der Waals surface area contributed by atoms with Gasteiger partial charge in [0.25, 0.3) is 0 Å². The highest BCUT2D eigenvalue weighted by Gasteiger charge is 2.30. The molecule has 1 aliphatic heterocycles. The third kappa shape index (κ3) is 3.05. The van der Waals surface area contributed by atoms with Crippen LogP contribution in [0.2, 0.25) is 0 Å². The molecule has 17 heavy (non-hydrogen) atoms. The predicted octanol–water partition coefficient (Wildman–Crippen LogP) is 3.04. The molecule has 3 heteroatoms. The fourth-order valence-electron chi connectivity index (χ4n) is 2.39. The lowest BCUT2D eigenvalue weighted by molar-refractivity contribution is 0.0460. The molecule has 0 aliphatic carbocycles. The quantitative estimate of drug-likeness (QED) is 0.810. The molecule has 2 unspecified atom stereocenters. The maximum absolute atomic E-state index is 12.9. The van der Waals surface area contributed by atoms with Crippen LogP contribution in [-0.2, 0) is 4.74 Å². The van der Waals surface area contributed by atoms with Gasteiger partial charge in [-0.2, -0.15) is 0 Å². The minimum Gasteiger partial charge on any atom is -0.372 e. The van der Waals surface area contributed by atoms with E-state index >= 15 is 0 Å². The molecule has 2 atom stereocenters. The molecule has 0 amide bonds. The number of rotatable bonds is 1. The second kappa shape index (κ2) is 4.75. The number of ether oxygens (including phenoxy) is 1. The average molecular weight is 237 g/mol. The highest BCUT2D eigenvalue weighted by molar-refractivity contribution is 5.20. The van der Waals surface area contributed by atoms with E-state index in [1.54, 1.807) is 12.1 Å². The molecule has 0 spiro atoms. The molecule has 0 saturated carbocycles. The van der Waals surface area contributed by atoms with Crippen LogP contribution in [-0.4, -0.2) is 18.2 Å². The Kier molecular flexibility index (Phi) is 3.50. The van der Waals surface area contributed by atoms with Crippen molar-refractivity contribution in [3.63, 3.8) is 0 Å². The summed E-state index contributed by atoms with van der Waals surface area (Å²) >= 11 is 0. The zero-order valence-corrected chi connectivity index (χ0v) is 10.7. The van der Waals surface area contributed by atoms with Gasteiger partial charge in [0.05, 0.1) is 6.10 Å². The van der Waals surface area contributed by atoms with Crippen molar-refractivity contribution in [2.24, 2.45) is 0 Å². The summed E-state index contributed by atoms with van der Waals surface area (Å²) in [5.41, 5.74) is 1.12. The van der Waals surface area contributed by atoms with Crippen LogP contribution in [0, 0.1) is 5.82 Å². The highest BCUT2D eigenvalue weighted by Crippen LogP contribution is 2.27. The van der Waals surface area contributed by atoms with Gasteiger partial charge < -0.3 is 10.1 Å². The summed E-state index contributed by atoms with van der Waals surface area (Å²) in [4.78, 5) is 0. The lowest BCUT2D eigenvalue weighted by Crippen LogP contribution is -2.45. The Morgan fingerprint density at radius 1 is 1.29 bits per heavy atom. The summed E-state index contributed by atoms with van der Waals surface area (Å²) in [5, 5.41) is 3.56. The monoisotopic (exact) mass is 237 g/mol. The second-order valence-corrected chi connectivity index (χ2v) is 5.41. The standard InChI is InChI=1S/C14H20FNO/c1-10-13(11-4-6-12(15)7-5-11)17-9-8-14(2,3)16-10/h4-7,10,13,16H,8-9H2,1-3H3. The Morgan fingerprint density at radius 3 is 2.59 bits per heavy atom. The molecule has 1 aromatic carbocycles. The summed E-state index contributed by atoms with van der Waals surface area (Å²) in [5.74, 6) is -0.205. The van der Waals surface area contributed by atoms with Crippen molar-refractivity contribution >= 4 is 0 Å². The number of benzene rings is 1. The van der Waals surface area contributed by atoms with E-state index in [9.17, 15) is 4.39 Å². The predicted molar refractivity (Wildman–Crippen MR) is 66.4 cm³/mol. The van der Waals surface area contributed by atoms with Crippen molar-refractivity contribution in [1.29, 1.82) is 0 Å². The Morgan fingerprint density at radius 2 is 1.94 bits per heavy atom. The van der Waals surface area contributed by atoms with Gasteiger partial charge in [0, 0.05) is 18.2 Å². The minimum absolute atomic E-state index is 0.00243. The summed E-state index contributed by atoms with van der Waals surface area (Å²) < 4.78 is 18.8. The average Bonchev–Trinajstić information content (AvgIpc) is 2.37. The first-order chi connectivity index (χ1) is 7.98. The molecule has 1 aromatic rings. The van der Waals surface area contributed by atoms with Gasteiger partial charge in [0.1, 0.15) is 5.82 Å². The molecule has 0 radical (unpaired) electrons. The van der Waals surface area contributed by atoms with E-state index in [2.05, 4.69) is 26.1 Å². The van der Waals surface area contributed by atoms with E-state index in [1.807, 2.05) is 0 Å². The van der Waals surface area contributed by atoms with Crippen LogP contribution in [0.15, 0.2) is 24.3 Å². The molecule has 1 aliphatic rings. The van der Waals surface area contributed by atoms with E-state index < -0.39 is 0 Å². The summed E-state index contributed by atoms with van der Waals surface area (Å²) in [6, 6.07) is 6.80. The van der Waals surface area contributed by atoms with Crippen LogP contribution in [0.5, 0.6) is 0 Å². The first kappa shape index (κ1) is 12.5. The van der Waals surface area contributed by atoms with E-state index in [-0.39, 0.29) is 23.5 Å². The third-order valence-corrected chi connectivity index (χ3v) is 3.30. The van der Waals surface area contributed by atoms with Crippen LogP contribution in [0.4, 0.5) is 4.39 Å². The largest absolute Gasteiger partial charge is 0.372 e. The maximum atomic E-state index is 12.9. The highest BCUT2D eigenvalue weighted by atomic mass is 19.1. The first-order valence-electron chi connectivity index (χ1n) is 6.13. The molecule has 2 nitrogen and oxygen atoms in total. The molecule has 1 saturated heterocycles. The van der Waals surface area contributed by atoms with E-state index in [4.69, 9.17) is 4.74 Å². The van der Waals surface area contributed by atoms with E-state index in [1.165, 1.54) is 12.1 Å². The minimum atomic E-state index is -0.205. The zero-order chi connectivity index (χ0) is 12.5. The van der Waals surface area contributed by atoms with Gasteiger partial charge >= 0.3 is 0 Å².